The zero-order chi connectivity index (χ0) is 12.1. The van der Waals surface area contributed by atoms with Gasteiger partial charge in [-0.3, -0.25) is 0 Å². The average Bonchev–Trinajstić information content (AvgIpc) is 2.22. The zero-order valence-electron chi connectivity index (χ0n) is 9.96. The molecule has 0 saturated heterocycles. The van der Waals surface area contributed by atoms with Crippen LogP contribution in [0, 0.1) is 9.49 Å². The van der Waals surface area contributed by atoms with Crippen LogP contribution >= 0.6 is 22.6 Å². The largest absolute Gasteiger partial charge is 0.383 e. The quantitative estimate of drug-likeness (QED) is 0.840. The van der Waals surface area contributed by atoms with E-state index in [1.807, 2.05) is 0 Å². The second-order valence-corrected chi connectivity index (χ2v) is 5.23. The van der Waals surface area contributed by atoms with E-state index in [1.165, 1.54) is 0 Å². The van der Waals surface area contributed by atoms with Crippen LogP contribution in [0.25, 0.3) is 0 Å². The molecule has 16 heavy (non-hydrogen) atoms. The van der Waals surface area contributed by atoms with Gasteiger partial charge in [0.05, 0.1) is 15.9 Å². The maximum absolute atomic E-state index is 5.84. The fourth-order valence-corrected chi connectivity index (χ4v) is 1.72. The number of hydrogen-bond donors (Lipinski definition) is 1. The van der Waals surface area contributed by atoms with Gasteiger partial charge in [-0.2, -0.15) is 0 Å². The fourth-order valence-electron chi connectivity index (χ4n) is 1.33. The molecule has 0 fully saturated rings. The number of nitrogens with two attached hydrogens (primary N) is 1. The topological polar surface area (TPSA) is 61.0 Å². The molecular formula is C11H18IN3O. The van der Waals surface area contributed by atoms with E-state index in [0.717, 1.165) is 27.9 Å². The van der Waals surface area contributed by atoms with Crippen molar-refractivity contribution in [1.29, 1.82) is 0 Å². The molecular weight excluding hydrogens is 317 g/mol. The predicted molar refractivity (Wildman–Crippen MR) is 73.0 cm³/mol. The van der Waals surface area contributed by atoms with E-state index in [-0.39, 0.29) is 0 Å². The molecule has 0 aliphatic carbocycles. The van der Waals surface area contributed by atoms with Crippen LogP contribution in [0.4, 0.5) is 5.82 Å². The highest BCUT2D eigenvalue weighted by Gasteiger charge is 2.10. The van der Waals surface area contributed by atoms with Gasteiger partial charge in [-0.05, 0) is 34.9 Å². The van der Waals surface area contributed by atoms with Crippen molar-refractivity contribution >= 4 is 28.4 Å². The molecule has 0 aliphatic heterocycles. The molecule has 0 radical (unpaired) electrons. The minimum atomic E-state index is 0.486. The molecule has 0 unspecified atom stereocenters. The maximum atomic E-state index is 5.84. The molecule has 1 heterocycles. The highest BCUT2D eigenvalue weighted by Crippen LogP contribution is 2.18. The van der Waals surface area contributed by atoms with Gasteiger partial charge >= 0.3 is 0 Å². The third kappa shape index (κ3) is 3.86. The zero-order valence-corrected chi connectivity index (χ0v) is 12.1. The van der Waals surface area contributed by atoms with Gasteiger partial charge < -0.3 is 10.5 Å². The summed E-state index contributed by atoms with van der Waals surface area (Å²) in [7, 11) is 1.65. The molecule has 0 saturated carbocycles. The van der Waals surface area contributed by atoms with Crippen molar-refractivity contribution in [2.45, 2.75) is 33.3 Å². The number of aryl methyl sites for hydroxylation is 1. The van der Waals surface area contributed by atoms with Crippen LogP contribution in [0.5, 0.6) is 0 Å². The Labute approximate surface area is 110 Å². The molecule has 0 amide bonds. The number of hydrogen-bond acceptors (Lipinski definition) is 4. The number of aromatic nitrogens is 2. The van der Waals surface area contributed by atoms with Crippen molar-refractivity contribution < 1.29 is 4.74 Å². The Hall–Kier alpha value is -0.430. The van der Waals surface area contributed by atoms with Gasteiger partial charge in [0.1, 0.15) is 11.6 Å². The van der Waals surface area contributed by atoms with E-state index in [4.69, 9.17) is 10.5 Å². The van der Waals surface area contributed by atoms with E-state index < -0.39 is 0 Å². The Morgan fingerprint density at radius 3 is 2.62 bits per heavy atom. The van der Waals surface area contributed by atoms with Crippen LogP contribution in [0.15, 0.2) is 0 Å². The van der Waals surface area contributed by atoms with Crippen LogP contribution in [-0.4, -0.2) is 17.1 Å². The number of halogens is 1. The van der Waals surface area contributed by atoms with E-state index in [2.05, 4.69) is 46.4 Å². The second kappa shape index (κ2) is 6.34. The number of nitrogen functional groups attached to an aromatic ring is 1. The summed E-state index contributed by atoms with van der Waals surface area (Å²) in [6.45, 7) is 4.86. The van der Waals surface area contributed by atoms with Gasteiger partial charge in [-0.15, -0.1) is 0 Å². The lowest BCUT2D eigenvalue weighted by atomic mass is 10.1. The Bertz CT molecular complexity index is 355. The molecule has 1 rings (SSSR count). The molecule has 2 N–H and O–H groups in total. The average molecular weight is 335 g/mol. The summed E-state index contributed by atoms with van der Waals surface area (Å²) in [5, 5.41) is 0. The minimum absolute atomic E-state index is 0.486. The van der Waals surface area contributed by atoms with Gasteiger partial charge in [0, 0.05) is 13.5 Å². The van der Waals surface area contributed by atoms with Gasteiger partial charge in [0.25, 0.3) is 0 Å². The fraction of sp³-hybridized carbons (Fsp3) is 0.636. The van der Waals surface area contributed by atoms with Gasteiger partial charge in [0.2, 0.25) is 0 Å². The molecule has 0 aromatic carbocycles. The lowest BCUT2D eigenvalue weighted by Gasteiger charge is -2.09. The van der Waals surface area contributed by atoms with Crippen molar-refractivity contribution in [3.63, 3.8) is 0 Å². The van der Waals surface area contributed by atoms with Crippen molar-refractivity contribution in [1.82, 2.24) is 9.97 Å². The Balaban J connectivity index is 2.86. The summed E-state index contributed by atoms with van der Waals surface area (Å²) in [4.78, 5) is 8.76. The molecule has 1 aromatic heterocycles. The van der Waals surface area contributed by atoms with Crippen LogP contribution in [0.1, 0.15) is 31.8 Å². The minimum Gasteiger partial charge on any atom is -0.383 e. The van der Waals surface area contributed by atoms with Gasteiger partial charge in [0.15, 0.2) is 0 Å². The van der Waals surface area contributed by atoms with Gasteiger partial charge in [-0.1, -0.05) is 13.8 Å². The van der Waals surface area contributed by atoms with Crippen molar-refractivity contribution in [2.24, 2.45) is 5.92 Å². The number of rotatable bonds is 5. The van der Waals surface area contributed by atoms with Crippen molar-refractivity contribution in [2.75, 3.05) is 12.8 Å². The highest BCUT2D eigenvalue weighted by atomic mass is 127. The second-order valence-electron chi connectivity index (χ2n) is 4.15. The summed E-state index contributed by atoms with van der Waals surface area (Å²) in [5.74, 6) is 2.02. The van der Waals surface area contributed by atoms with Crippen molar-refractivity contribution in [3.8, 4) is 0 Å². The first-order chi connectivity index (χ1) is 7.54. The Morgan fingerprint density at radius 2 is 2.06 bits per heavy atom. The molecule has 4 nitrogen and oxygen atoms in total. The summed E-state index contributed by atoms with van der Waals surface area (Å²) < 4.78 is 5.99. The Morgan fingerprint density at radius 1 is 1.38 bits per heavy atom. The van der Waals surface area contributed by atoms with Crippen LogP contribution in [0.3, 0.4) is 0 Å². The normalized spacial score (nSPS) is 11.1. The standard InChI is InChI=1S/C11H18IN3O/c1-7(2)4-5-9-14-8(6-16-3)10(12)11(13)15-9/h7H,4-6H2,1-3H3,(H2,13,14,15). The summed E-state index contributed by atoms with van der Waals surface area (Å²) in [5.41, 5.74) is 6.73. The SMILES string of the molecule is COCc1nc(CCC(C)C)nc(N)c1I. The molecule has 5 heteroatoms. The van der Waals surface area contributed by atoms with E-state index in [9.17, 15) is 0 Å². The number of nitrogens with zero attached hydrogens (tertiary/aromatic N) is 2. The molecule has 90 valence electrons. The van der Waals surface area contributed by atoms with Gasteiger partial charge in [-0.25, -0.2) is 9.97 Å². The number of anilines is 1. The first-order valence-electron chi connectivity index (χ1n) is 5.34. The molecule has 0 aliphatic rings. The first-order valence-corrected chi connectivity index (χ1v) is 6.42. The third-order valence-electron chi connectivity index (χ3n) is 2.22. The monoisotopic (exact) mass is 335 g/mol. The Kier molecular flexibility index (Phi) is 5.40. The van der Waals surface area contributed by atoms with Crippen LogP contribution in [0.2, 0.25) is 0 Å². The third-order valence-corrected chi connectivity index (χ3v) is 3.39. The summed E-state index contributed by atoms with van der Waals surface area (Å²) >= 11 is 2.16. The summed E-state index contributed by atoms with van der Waals surface area (Å²) in [6.07, 6.45) is 1.95. The molecule has 0 atom stereocenters. The van der Waals surface area contributed by atoms with Crippen LogP contribution < -0.4 is 5.73 Å². The smallest absolute Gasteiger partial charge is 0.140 e. The van der Waals surface area contributed by atoms with Crippen LogP contribution in [-0.2, 0) is 17.8 Å². The summed E-state index contributed by atoms with van der Waals surface area (Å²) in [6, 6.07) is 0. The molecule has 0 bridgehead atoms. The lowest BCUT2D eigenvalue weighted by molar-refractivity contribution is 0.180. The maximum Gasteiger partial charge on any atom is 0.140 e. The molecule has 0 spiro atoms. The van der Waals surface area contributed by atoms with E-state index in [0.29, 0.717) is 18.3 Å². The number of ether oxygens (including phenoxy) is 1. The first kappa shape index (κ1) is 13.6. The predicted octanol–water partition coefficient (Wildman–Crippen LogP) is 2.40. The molecule has 1 aromatic rings. The van der Waals surface area contributed by atoms with Crippen molar-refractivity contribution in [3.05, 3.63) is 15.1 Å². The van der Waals surface area contributed by atoms with E-state index in [1.54, 1.807) is 7.11 Å². The van der Waals surface area contributed by atoms with E-state index >= 15 is 0 Å². The highest BCUT2D eigenvalue weighted by molar-refractivity contribution is 14.1. The lowest BCUT2D eigenvalue weighted by Crippen LogP contribution is -2.09. The number of methoxy groups -OCH3 is 1.